The summed E-state index contributed by atoms with van der Waals surface area (Å²) in [5, 5.41) is 9.77. The molecular weight excluding hydrogens is 280 g/mol. The first-order valence-corrected chi connectivity index (χ1v) is 7.30. The van der Waals surface area contributed by atoms with Gasteiger partial charge in [0.1, 0.15) is 11.5 Å². The molecule has 2 aromatic carbocycles. The zero-order chi connectivity index (χ0) is 15.7. The van der Waals surface area contributed by atoms with Gasteiger partial charge in [-0.1, -0.05) is 12.1 Å². The van der Waals surface area contributed by atoms with Gasteiger partial charge < -0.3 is 19.3 Å². The fourth-order valence-electron chi connectivity index (χ4n) is 2.93. The number of phenols is 1. The molecule has 0 amide bonds. The van der Waals surface area contributed by atoms with Gasteiger partial charge in [-0.25, -0.2) is 0 Å². The highest BCUT2D eigenvalue weighted by molar-refractivity contribution is 5.51. The molecule has 2 aromatic rings. The molecule has 1 aliphatic rings. The van der Waals surface area contributed by atoms with Gasteiger partial charge in [0.15, 0.2) is 11.5 Å². The van der Waals surface area contributed by atoms with Crippen LogP contribution < -0.4 is 14.2 Å². The van der Waals surface area contributed by atoms with Gasteiger partial charge in [0, 0.05) is 11.5 Å². The molecule has 0 saturated carbocycles. The van der Waals surface area contributed by atoms with Crippen molar-refractivity contribution in [1.82, 2.24) is 0 Å². The number of aromatic hydroxyl groups is 1. The number of methoxy groups -OCH3 is 2. The van der Waals surface area contributed by atoms with E-state index in [4.69, 9.17) is 14.2 Å². The van der Waals surface area contributed by atoms with Crippen LogP contribution in [0.5, 0.6) is 23.0 Å². The zero-order valence-corrected chi connectivity index (χ0v) is 13.1. The van der Waals surface area contributed by atoms with Crippen LogP contribution in [0.2, 0.25) is 0 Å². The van der Waals surface area contributed by atoms with E-state index < -0.39 is 0 Å². The van der Waals surface area contributed by atoms with Crippen molar-refractivity contribution < 1.29 is 19.3 Å². The van der Waals surface area contributed by atoms with Gasteiger partial charge in [-0.15, -0.1) is 0 Å². The Balaban J connectivity index is 1.90. The second kappa shape index (κ2) is 5.79. The molecule has 1 N–H and O–H groups in total. The fourth-order valence-corrected chi connectivity index (χ4v) is 2.93. The predicted octanol–water partition coefficient (Wildman–Crippen LogP) is 3.44. The Hall–Kier alpha value is -2.36. The molecular formula is C18H20O4. The Morgan fingerprint density at radius 3 is 2.59 bits per heavy atom. The minimum atomic E-state index is 0.260. The average Bonchev–Trinajstić information content (AvgIpc) is 2.57. The zero-order valence-electron chi connectivity index (χ0n) is 13.1. The summed E-state index contributed by atoms with van der Waals surface area (Å²) in [4.78, 5) is 0. The Bertz CT molecular complexity index is 694. The van der Waals surface area contributed by atoms with Crippen molar-refractivity contribution in [2.24, 2.45) is 0 Å². The highest BCUT2D eigenvalue weighted by Gasteiger charge is 2.24. The molecule has 0 spiro atoms. The normalized spacial score (nSPS) is 16.6. The van der Waals surface area contributed by atoms with Gasteiger partial charge in [0.25, 0.3) is 0 Å². The van der Waals surface area contributed by atoms with Crippen molar-refractivity contribution in [3.63, 3.8) is 0 Å². The van der Waals surface area contributed by atoms with E-state index in [0.717, 1.165) is 40.4 Å². The second-order valence-electron chi connectivity index (χ2n) is 5.52. The highest BCUT2D eigenvalue weighted by Crippen LogP contribution is 2.39. The van der Waals surface area contributed by atoms with Crippen LogP contribution in [-0.4, -0.2) is 25.9 Å². The van der Waals surface area contributed by atoms with Crippen molar-refractivity contribution in [3.8, 4) is 23.0 Å². The third-order valence-corrected chi connectivity index (χ3v) is 4.23. The number of rotatable bonds is 3. The number of hydrogen-bond donors (Lipinski definition) is 1. The van der Waals surface area contributed by atoms with Crippen molar-refractivity contribution in [1.29, 1.82) is 0 Å². The summed E-state index contributed by atoms with van der Waals surface area (Å²) in [7, 11) is 3.27. The summed E-state index contributed by atoms with van der Waals surface area (Å²) < 4.78 is 16.6. The van der Waals surface area contributed by atoms with E-state index in [1.165, 1.54) is 0 Å². The number of ether oxygens (including phenoxy) is 3. The van der Waals surface area contributed by atoms with E-state index in [2.05, 4.69) is 0 Å². The molecule has 0 radical (unpaired) electrons. The van der Waals surface area contributed by atoms with Crippen LogP contribution in [0.15, 0.2) is 30.3 Å². The molecule has 1 aliphatic heterocycles. The smallest absolute Gasteiger partial charge is 0.160 e. The van der Waals surface area contributed by atoms with Gasteiger partial charge in [-0.2, -0.15) is 0 Å². The summed E-state index contributed by atoms with van der Waals surface area (Å²) in [5.41, 5.74) is 3.10. The number of fused-ring (bicyclic) bond motifs is 1. The highest BCUT2D eigenvalue weighted by atomic mass is 16.5. The van der Waals surface area contributed by atoms with Crippen LogP contribution in [0.25, 0.3) is 0 Å². The topological polar surface area (TPSA) is 47.9 Å². The maximum Gasteiger partial charge on any atom is 0.160 e. The molecule has 1 atom stereocenters. The van der Waals surface area contributed by atoms with Gasteiger partial charge in [-0.3, -0.25) is 0 Å². The lowest BCUT2D eigenvalue weighted by molar-refractivity contribution is 0.258. The van der Waals surface area contributed by atoms with E-state index in [1.807, 2.05) is 31.2 Å². The Labute approximate surface area is 130 Å². The molecule has 0 aromatic heterocycles. The first kappa shape index (κ1) is 14.6. The van der Waals surface area contributed by atoms with E-state index in [9.17, 15) is 5.11 Å². The van der Waals surface area contributed by atoms with Gasteiger partial charge >= 0.3 is 0 Å². The summed E-state index contributed by atoms with van der Waals surface area (Å²) in [6, 6.07) is 9.64. The van der Waals surface area contributed by atoms with E-state index in [0.29, 0.717) is 6.61 Å². The summed E-state index contributed by atoms with van der Waals surface area (Å²) in [5.74, 6) is 2.81. The lowest BCUT2D eigenvalue weighted by Crippen LogP contribution is -2.20. The quantitative estimate of drug-likeness (QED) is 0.943. The molecule has 4 nitrogen and oxygen atoms in total. The Morgan fingerprint density at radius 1 is 1.09 bits per heavy atom. The third-order valence-electron chi connectivity index (χ3n) is 4.23. The molecule has 0 fully saturated rings. The second-order valence-corrected chi connectivity index (χ2v) is 5.52. The number of hydrogen-bond acceptors (Lipinski definition) is 4. The van der Waals surface area contributed by atoms with Crippen molar-refractivity contribution in [2.45, 2.75) is 19.3 Å². The van der Waals surface area contributed by atoms with Crippen molar-refractivity contribution >= 4 is 0 Å². The Morgan fingerprint density at radius 2 is 1.86 bits per heavy atom. The van der Waals surface area contributed by atoms with Crippen LogP contribution in [0, 0.1) is 6.92 Å². The monoisotopic (exact) mass is 300 g/mol. The summed E-state index contributed by atoms with van der Waals surface area (Å²) in [6.45, 7) is 2.47. The van der Waals surface area contributed by atoms with Crippen molar-refractivity contribution in [2.75, 3.05) is 20.8 Å². The van der Waals surface area contributed by atoms with E-state index in [-0.39, 0.29) is 11.7 Å². The van der Waals surface area contributed by atoms with E-state index in [1.54, 1.807) is 20.3 Å². The minimum Gasteiger partial charge on any atom is -0.508 e. The third kappa shape index (κ3) is 2.45. The average molecular weight is 300 g/mol. The van der Waals surface area contributed by atoms with Crippen LogP contribution in [0.1, 0.15) is 22.6 Å². The molecule has 3 rings (SSSR count). The molecule has 1 heterocycles. The van der Waals surface area contributed by atoms with Crippen molar-refractivity contribution in [3.05, 3.63) is 47.0 Å². The standard InChI is InChI=1S/C18H20O4/c1-11-15(19)6-4-13-8-14(10-22-18(11)13)12-5-7-16(20-2)17(9-12)21-3/h4-7,9,14,19H,8,10H2,1-3H3/t14-/m1/s1. The summed E-state index contributed by atoms with van der Waals surface area (Å²) in [6.07, 6.45) is 0.881. The lowest BCUT2D eigenvalue weighted by Gasteiger charge is -2.27. The minimum absolute atomic E-state index is 0.260. The van der Waals surface area contributed by atoms with Crippen LogP contribution in [-0.2, 0) is 6.42 Å². The van der Waals surface area contributed by atoms with Crippen LogP contribution in [0.4, 0.5) is 0 Å². The summed E-state index contributed by atoms with van der Waals surface area (Å²) >= 11 is 0. The molecule has 22 heavy (non-hydrogen) atoms. The molecule has 0 aliphatic carbocycles. The number of benzene rings is 2. The molecule has 4 heteroatoms. The molecule has 116 valence electrons. The lowest BCUT2D eigenvalue weighted by atomic mass is 9.89. The first-order valence-electron chi connectivity index (χ1n) is 7.30. The SMILES string of the molecule is COc1ccc([C@H]2COc3c(ccc(O)c3C)C2)cc1OC. The van der Waals surface area contributed by atoms with Gasteiger partial charge in [0.2, 0.25) is 0 Å². The predicted molar refractivity (Wildman–Crippen MR) is 84.3 cm³/mol. The maximum absolute atomic E-state index is 9.77. The molecule has 0 unspecified atom stereocenters. The fraction of sp³-hybridized carbons (Fsp3) is 0.333. The Kier molecular flexibility index (Phi) is 3.84. The van der Waals surface area contributed by atoms with Crippen LogP contribution in [0.3, 0.4) is 0 Å². The van der Waals surface area contributed by atoms with E-state index >= 15 is 0 Å². The molecule has 0 bridgehead atoms. The van der Waals surface area contributed by atoms with Crippen LogP contribution >= 0.6 is 0 Å². The number of phenolic OH excluding ortho intramolecular Hbond substituents is 1. The maximum atomic E-state index is 9.77. The molecule has 0 saturated heterocycles. The largest absolute Gasteiger partial charge is 0.508 e. The van der Waals surface area contributed by atoms with Gasteiger partial charge in [-0.05, 0) is 42.7 Å². The first-order chi connectivity index (χ1) is 10.6. The van der Waals surface area contributed by atoms with Gasteiger partial charge in [0.05, 0.1) is 20.8 Å².